The monoisotopic (exact) mass is 360 g/mol. The standard InChI is InChI=1S/C25H28S/c1-17-16-23-20-10-6-4-8-18(20)12-14-22(23)25(17)26(2,3)24-15-13-19-9-5-7-11-21(19)24/h4-12,14,17,24-25H,13,15-16H2,1-3H3. The predicted octanol–water partition coefficient (Wildman–Crippen LogP) is 6.82. The van der Waals surface area contributed by atoms with Crippen molar-refractivity contribution in [1.29, 1.82) is 0 Å². The molecule has 0 aliphatic heterocycles. The van der Waals surface area contributed by atoms with E-state index in [1.807, 2.05) is 0 Å². The van der Waals surface area contributed by atoms with E-state index in [2.05, 4.69) is 80.1 Å². The molecular weight excluding hydrogens is 332 g/mol. The summed E-state index contributed by atoms with van der Waals surface area (Å²) in [7, 11) is -0.783. The van der Waals surface area contributed by atoms with Crippen molar-refractivity contribution in [3.05, 3.63) is 82.9 Å². The zero-order chi connectivity index (χ0) is 17.9. The molecule has 0 amide bonds. The van der Waals surface area contributed by atoms with Crippen LogP contribution in [0.5, 0.6) is 0 Å². The maximum Gasteiger partial charge on any atom is 0.0172 e. The molecule has 0 fully saturated rings. The van der Waals surface area contributed by atoms with Gasteiger partial charge in [-0.15, -0.1) is 0 Å². The summed E-state index contributed by atoms with van der Waals surface area (Å²) in [6.45, 7) is 2.50. The first-order chi connectivity index (χ1) is 12.6. The summed E-state index contributed by atoms with van der Waals surface area (Å²) >= 11 is 0. The number of hydrogen-bond donors (Lipinski definition) is 0. The first kappa shape index (κ1) is 16.4. The second kappa shape index (κ2) is 5.89. The van der Waals surface area contributed by atoms with Crippen LogP contribution in [0.15, 0.2) is 60.7 Å². The minimum Gasteiger partial charge on any atom is -0.233 e. The van der Waals surface area contributed by atoms with E-state index in [4.69, 9.17) is 0 Å². The molecule has 3 unspecified atom stereocenters. The van der Waals surface area contributed by atoms with Crippen molar-refractivity contribution < 1.29 is 0 Å². The lowest BCUT2D eigenvalue weighted by molar-refractivity contribution is 0.607. The maximum absolute atomic E-state index is 2.62. The average molecular weight is 361 g/mol. The van der Waals surface area contributed by atoms with Gasteiger partial charge in [0.25, 0.3) is 0 Å². The van der Waals surface area contributed by atoms with E-state index >= 15 is 0 Å². The Kier molecular flexibility index (Phi) is 3.72. The van der Waals surface area contributed by atoms with Crippen LogP contribution in [-0.4, -0.2) is 12.5 Å². The normalized spacial score (nSPS) is 25.3. The van der Waals surface area contributed by atoms with Crippen LogP contribution in [0.3, 0.4) is 0 Å². The van der Waals surface area contributed by atoms with E-state index in [-0.39, 0.29) is 0 Å². The SMILES string of the molecule is CC1Cc2c(ccc3ccccc23)C1S(C)(C)C1CCc2ccccc21. The Balaban J connectivity index is 1.62. The summed E-state index contributed by atoms with van der Waals surface area (Å²) in [6.07, 6.45) is 9.08. The number of hydrogen-bond acceptors (Lipinski definition) is 0. The van der Waals surface area contributed by atoms with Gasteiger partial charge in [-0.2, -0.15) is 0 Å². The summed E-state index contributed by atoms with van der Waals surface area (Å²) in [5.74, 6) is 0.744. The Morgan fingerprint density at radius 1 is 0.846 bits per heavy atom. The zero-order valence-corrected chi connectivity index (χ0v) is 16.9. The molecule has 5 rings (SSSR count). The molecule has 0 N–H and O–H groups in total. The number of fused-ring (bicyclic) bond motifs is 4. The molecule has 3 atom stereocenters. The molecule has 0 saturated heterocycles. The maximum atomic E-state index is 2.62. The van der Waals surface area contributed by atoms with Crippen LogP contribution in [-0.2, 0) is 12.8 Å². The molecule has 26 heavy (non-hydrogen) atoms. The average Bonchev–Trinajstić information content (AvgIpc) is 3.22. The molecule has 1 heteroatoms. The smallest absolute Gasteiger partial charge is 0.0172 e. The topological polar surface area (TPSA) is 0 Å². The van der Waals surface area contributed by atoms with Gasteiger partial charge in [0.15, 0.2) is 0 Å². The van der Waals surface area contributed by atoms with Crippen molar-refractivity contribution in [3.63, 3.8) is 0 Å². The number of rotatable bonds is 2. The van der Waals surface area contributed by atoms with Crippen LogP contribution in [0.2, 0.25) is 0 Å². The van der Waals surface area contributed by atoms with Crippen molar-refractivity contribution in [2.24, 2.45) is 5.92 Å². The molecule has 0 saturated carbocycles. The van der Waals surface area contributed by atoms with Crippen LogP contribution in [0, 0.1) is 5.92 Å². The molecule has 0 bridgehead atoms. The molecule has 3 aromatic carbocycles. The Labute approximate surface area is 159 Å². The van der Waals surface area contributed by atoms with E-state index in [0.29, 0.717) is 0 Å². The Morgan fingerprint density at radius 2 is 1.62 bits per heavy atom. The molecule has 134 valence electrons. The summed E-state index contributed by atoms with van der Waals surface area (Å²) in [5.41, 5.74) is 6.53. The van der Waals surface area contributed by atoms with Crippen molar-refractivity contribution in [3.8, 4) is 0 Å². The van der Waals surface area contributed by atoms with Gasteiger partial charge >= 0.3 is 0 Å². The van der Waals surface area contributed by atoms with Crippen molar-refractivity contribution in [1.82, 2.24) is 0 Å². The van der Waals surface area contributed by atoms with Crippen LogP contribution in [0.1, 0.15) is 46.1 Å². The molecule has 0 heterocycles. The molecule has 0 spiro atoms. The van der Waals surface area contributed by atoms with Crippen molar-refractivity contribution in [2.75, 3.05) is 12.5 Å². The van der Waals surface area contributed by atoms with Gasteiger partial charge in [0.1, 0.15) is 0 Å². The van der Waals surface area contributed by atoms with Gasteiger partial charge in [-0.1, -0.05) is 67.6 Å². The van der Waals surface area contributed by atoms with E-state index in [1.54, 1.807) is 22.3 Å². The van der Waals surface area contributed by atoms with Gasteiger partial charge < -0.3 is 0 Å². The highest BCUT2D eigenvalue weighted by molar-refractivity contribution is 8.33. The third kappa shape index (κ3) is 2.29. The van der Waals surface area contributed by atoms with Crippen molar-refractivity contribution in [2.45, 2.75) is 36.7 Å². The number of benzene rings is 3. The summed E-state index contributed by atoms with van der Waals surface area (Å²) in [6, 6.07) is 23.0. The fourth-order valence-corrected chi connectivity index (χ4v) is 9.97. The quantitative estimate of drug-likeness (QED) is 0.470. The lowest BCUT2D eigenvalue weighted by atomic mass is 10.0. The van der Waals surface area contributed by atoms with Gasteiger partial charge in [-0.25, -0.2) is 10.0 Å². The third-order valence-corrected chi connectivity index (χ3v) is 10.9. The first-order valence-electron chi connectivity index (χ1n) is 9.86. The van der Waals surface area contributed by atoms with E-state index < -0.39 is 10.0 Å². The summed E-state index contributed by atoms with van der Waals surface area (Å²) in [5, 5.41) is 4.36. The highest BCUT2D eigenvalue weighted by Crippen LogP contribution is 2.71. The van der Waals surface area contributed by atoms with E-state index in [1.165, 1.54) is 30.0 Å². The lowest BCUT2D eigenvalue weighted by Gasteiger charge is -2.46. The van der Waals surface area contributed by atoms with E-state index in [0.717, 1.165) is 16.4 Å². The first-order valence-corrected chi connectivity index (χ1v) is 12.4. The minimum atomic E-state index is -0.783. The van der Waals surface area contributed by atoms with Crippen molar-refractivity contribution >= 4 is 20.8 Å². The highest BCUT2D eigenvalue weighted by atomic mass is 32.3. The second-order valence-corrected chi connectivity index (χ2v) is 12.7. The Bertz CT molecular complexity index is 984. The second-order valence-electron chi connectivity index (χ2n) is 8.67. The largest absolute Gasteiger partial charge is 0.233 e. The molecule has 2 aliphatic rings. The van der Waals surface area contributed by atoms with Gasteiger partial charge in [-0.05, 0) is 70.7 Å². The summed E-state index contributed by atoms with van der Waals surface area (Å²) < 4.78 is 0. The fraction of sp³-hybridized carbons (Fsp3) is 0.360. The van der Waals surface area contributed by atoms with Gasteiger partial charge in [0, 0.05) is 10.5 Å². The van der Waals surface area contributed by atoms with E-state index in [9.17, 15) is 0 Å². The molecule has 2 aliphatic carbocycles. The molecule has 0 aromatic heterocycles. The van der Waals surface area contributed by atoms with Crippen LogP contribution >= 0.6 is 10.0 Å². The van der Waals surface area contributed by atoms with Gasteiger partial charge in [0.2, 0.25) is 0 Å². The third-order valence-electron chi connectivity index (χ3n) is 6.89. The van der Waals surface area contributed by atoms with Crippen LogP contribution in [0.4, 0.5) is 0 Å². The zero-order valence-electron chi connectivity index (χ0n) is 16.0. The Hall–Kier alpha value is -1.73. The Morgan fingerprint density at radius 3 is 2.50 bits per heavy atom. The predicted molar refractivity (Wildman–Crippen MR) is 117 cm³/mol. The van der Waals surface area contributed by atoms with Gasteiger partial charge in [-0.3, -0.25) is 0 Å². The molecule has 3 aromatic rings. The molecular formula is C25H28S. The highest BCUT2D eigenvalue weighted by Gasteiger charge is 2.43. The van der Waals surface area contributed by atoms with Crippen LogP contribution < -0.4 is 0 Å². The minimum absolute atomic E-state index is 0.721. The molecule has 0 radical (unpaired) electrons. The molecule has 0 nitrogen and oxygen atoms in total. The van der Waals surface area contributed by atoms with Crippen LogP contribution in [0.25, 0.3) is 10.8 Å². The number of aryl methyl sites for hydroxylation is 1. The fourth-order valence-electron chi connectivity index (χ4n) is 5.83. The summed E-state index contributed by atoms with van der Waals surface area (Å²) in [4.78, 5) is 0. The van der Waals surface area contributed by atoms with Gasteiger partial charge in [0.05, 0.1) is 0 Å². The lowest BCUT2D eigenvalue weighted by Crippen LogP contribution is -2.18.